The SMILES string of the molecule is CC1CCc2cc(C#Cc3cccc(F)c3)ccc21. The van der Waals surface area contributed by atoms with Crippen LogP contribution >= 0.6 is 0 Å². The lowest BCUT2D eigenvalue weighted by Crippen LogP contribution is -1.87. The molecule has 1 unspecified atom stereocenters. The summed E-state index contributed by atoms with van der Waals surface area (Å²) in [5, 5.41) is 0. The molecule has 0 heterocycles. The van der Waals surface area contributed by atoms with Gasteiger partial charge >= 0.3 is 0 Å². The van der Waals surface area contributed by atoms with Gasteiger partial charge < -0.3 is 0 Å². The Morgan fingerprint density at radius 2 is 1.84 bits per heavy atom. The van der Waals surface area contributed by atoms with E-state index in [2.05, 4.69) is 37.0 Å². The lowest BCUT2D eigenvalue weighted by molar-refractivity contribution is 0.627. The number of aryl methyl sites for hydroxylation is 1. The Hall–Kier alpha value is -2.07. The van der Waals surface area contributed by atoms with Crippen molar-refractivity contribution in [2.75, 3.05) is 0 Å². The van der Waals surface area contributed by atoms with Gasteiger partial charge in [-0.25, -0.2) is 4.39 Å². The Balaban J connectivity index is 1.89. The fourth-order valence-corrected chi connectivity index (χ4v) is 2.62. The van der Waals surface area contributed by atoms with Gasteiger partial charge in [0, 0.05) is 11.1 Å². The molecule has 0 fully saturated rings. The molecule has 19 heavy (non-hydrogen) atoms. The van der Waals surface area contributed by atoms with E-state index in [-0.39, 0.29) is 5.82 Å². The second kappa shape index (κ2) is 4.90. The third-order valence-corrected chi connectivity index (χ3v) is 3.70. The van der Waals surface area contributed by atoms with Crippen molar-refractivity contribution >= 4 is 0 Å². The minimum absolute atomic E-state index is 0.241. The lowest BCUT2D eigenvalue weighted by atomic mass is 10.0. The van der Waals surface area contributed by atoms with Crippen LogP contribution in [-0.2, 0) is 6.42 Å². The van der Waals surface area contributed by atoms with E-state index in [1.54, 1.807) is 6.07 Å². The molecule has 3 rings (SSSR count). The van der Waals surface area contributed by atoms with Crippen LogP contribution in [0.2, 0.25) is 0 Å². The average molecular weight is 250 g/mol. The molecule has 1 aliphatic carbocycles. The van der Waals surface area contributed by atoms with E-state index < -0.39 is 0 Å². The summed E-state index contributed by atoms with van der Waals surface area (Å²) < 4.78 is 13.0. The van der Waals surface area contributed by atoms with E-state index in [4.69, 9.17) is 0 Å². The van der Waals surface area contributed by atoms with E-state index >= 15 is 0 Å². The van der Waals surface area contributed by atoms with Crippen molar-refractivity contribution in [3.63, 3.8) is 0 Å². The summed E-state index contributed by atoms with van der Waals surface area (Å²) in [6.45, 7) is 2.27. The number of fused-ring (bicyclic) bond motifs is 1. The van der Waals surface area contributed by atoms with E-state index in [0.717, 1.165) is 12.0 Å². The predicted octanol–water partition coefficient (Wildman–Crippen LogP) is 4.28. The molecule has 1 heteroatoms. The molecule has 2 aromatic rings. The van der Waals surface area contributed by atoms with Crippen LogP contribution in [0.4, 0.5) is 4.39 Å². The molecule has 0 amide bonds. The summed E-state index contributed by atoms with van der Waals surface area (Å²) >= 11 is 0. The van der Waals surface area contributed by atoms with Crippen LogP contribution < -0.4 is 0 Å². The zero-order valence-corrected chi connectivity index (χ0v) is 10.9. The second-order valence-corrected chi connectivity index (χ2v) is 5.11. The first-order valence-corrected chi connectivity index (χ1v) is 6.63. The smallest absolute Gasteiger partial charge is 0.124 e. The van der Waals surface area contributed by atoms with Crippen molar-refractivity contribution < 1.29 is 4.39 Å². The number of halogens is 1. The molecular formula is C18H15F. The van der Waals surface area contributed by atoms with Crippen LogP contribution in [0.3, 0.4) is 0 Å². The summed E-state index contributed by atoms with van der Waals surface area (Å²) in [5.41, 5.74) is 4.60. The molecular weight excluding hydrogens is 235 g/mol. The third-order valence-electron chi connectivity index (χ3n) is 3.70. The molecule has 0 N–H and O–H groups in total. The van der Waals surface area contributed by atoms with Gasteiger partial charge in [-0.3, -0.25) is 0 Å². The summed E-state index contributed by atoms with van der Waals surface area (Å²) in [5.74, 6) is 6.56. The Labute approximate surface area is 113 Å². The first-order valence-electron chi connectivity index (χ1n) is 6.63. The number of rotatable bonds is 0. The molecule has 0 nitrogen and oxygen atoms in total. The number of hydrogen-bond acceptors (Lipinski definition) is 0. The lowest BCUT2D eigenvalue weighted by Gasteiger charge is -2.03. The summed E-state index contributed by atoms with van der Waals surface area (Å²) in [6, 6.07) is 12.8. The first kappa shape index (κ1) is 12.0. The largest absolute Gasteiger partial charge is 0.207 e. The second-order valence-electron chi connectivity index (χ2n) is 5.11. The molecule has 0 bridgehead atoms. The summed E-state index contributed by atoms with van der Waals surface area (Å²) in [7, 11) is 0. The molecule has 0 saturated carbocycles. The van der Waals surface area contributed by atoms with Crippen molar-refractivity contribution in [3.05, 3.63) is 70.5 Å². The van der Waals surface area contributed by atoms with Crippen LogP contribution in [0.15, 0.2) is 42.5 Å². The van der Waals surface area contributed by atoms with Gasteiger partial charge in [-0.1, -0.05) is 30.9 Å². The van der Waals surface area contributed by atoms with Crippen molar-refractivity contribution in [2.45, 2.75) is 25.7 Å². The van der Waals surface area contributed by atoms with Crippen LogP contribution in [0.5, 0.6) is 0 Å². The molecule has 1 aliphatic rings. The first-order chi connectivity index (χ1) is 9.22. The quantitative estimate of drug-likeness (QED) is 0.612. The van der Waals surface area contributed by atoms with Crippen molar-refractivity contribution in [1.82, 2.24) is 0 Å². The summed E-state index contributed by atoms with van der Waals surface area (Å²) in [6.07, 6.45) is 2.38. The van der Waals surface area contributed by atoms with E-state index in [1.807, 2.05) is 6.07 Å². The fourth-order valence-electron chi connectivity index (χ4n) is 2.62. The zero-order chi connectivity index (χ0) is 13.2. The normalized spacial score (nSPS) is 16.6. The van der Waals surface area contributed by atoms with Crippen LogP contribution in [-0.4, -0.2) is 0 Å². The van der Waals surface area contributed by atoms with E-state index in [9.17, 15) is 4.39 Å². The fraction of sp³-hybridized carbons (Fsp3) is 0.222. The highest BCUT2D eigenvalue weighted by molar-refractivity contribution is 5.47. The molecule has 0 aromatic heterocycles. The van der Waals surface area contributed by atoms with Gasteiger partial charge in [0.2, 0.25) is 0 Å². The molecule has 0 spiro atoms. The summed E-state index contributed by atoms with van der Waals surface area (Å²) in [4.78, 5) is 0. The maximum absolute atomic E-state index is 13.0. The van der Waals surface area contributed by atoms with Gasteiger partial charge in [-0.2, -0.15) is 0 Å². The van der Waals surface area contributed by atoms with Crippen molar-refractivity contribution in [2.24, 2.45) is 0 Å². The minimum Gasteiger partial charge on any atom is -0.207 e. The van der Waals surface area contributed by atoms with Gasteiger partial charge in [0.05, 0.1) is 0 Å². The maximum atomic E-state index is 13.0. The van der Waals surface area contributed by atoms with E-state index in [1.165, 1.54) is 29.7 Å². The van der Waals surface area contributed by atoms with Gasteiger partial charge in [0.25, 0.3) is 0 Å². The van der Waals surface area contributed by atoms with Gasteiger partial charge in [-0.15, -0.1) is 0 Å². The maximum Gasteiger partial charge on any atom is 0.124 e. The van der Waals surface area contributed by atoms with Crippen molar-refractivity contribution in [3.8, 4) is 11.8 Å². The Kier molecular flexibility index (Phi) is 3.09. The van der Waals surface area contributed by atoms with Gasteiger partial charge in [0.15, 0.2) is 0 Å². The van der Waals surface area contributed by atoms with Crippen molar-refractivity contribution in [1.29, 1.82) is 0 Å². The average Bonchev–Trinajstić information content (AvgIpc) is 2.78. The Bertz CT molecular complexity index is 674. The molecule has 94 valence electrons. The van der Waals surface area contributed by atoms with Gasteiger partial charge in [0.1, 0.15) is 5.82 Å². The molecule has 0 aliphatic heterocycles. The standard InChI is InChI=1S/C18H15F/c1-13-5-9-16-11-15(8-10-18(13)16)7-6-14-3-2-4-17(19)12-14/h2-4,8,10-13H,5,9H2,1H3. The zero-order valence-electron chi connectivity index (χ0n) is 10.9. The van der Waals surface area contributed by atoms with Gasteiger partial charge in [-0.05, 0) is 60.2 Å². The Morgan fingerprint density at radius 1 is 1.05 bits per heavy atom. The third kappa shape index (κ3) is 2.53. The van der Waals surface area contributed by atoms with Crippen LogP contribution in [0, 0.1) is 17.7 Å². The highest BCUT2D eigenvalue weighted by Crippen LogP contribution is 2.32. The van der Waals surface area contributed by atoms with E-state index in [0.29, 0.717) is 11.5 Å². The topological polar surface area (TPSA) is 0 Å². The van der Waals surface area contributed by atoms with Crippen LogP contribution in [0.25, 0.3) is 0 Å². The predicted molar refractivity (Wildman–Crippen MR) is 75.6 cm³/mol. The number of benzene rings is 2. The molecule has 0 saturated heterocycles. The minimum atomic E-state index is -0.241. The highest BCUT2D eigenvalue weighted by Gasteiger charge is 2.17. The molecule has 0 radical (unpaired) electrons. The monoisotopic (exact) mass is 250 g/mol. The highest BCUT2D eigenvalue weighted by atomic mass is 19.1. The number of hydrogen-bond donors (Lipinski definition) is 0. The molecule has 1 atom stereocenters. The van der Waals surface area contributed by atoms with Crippen LogP contribution in [0.1, 0.15) is 41.5 Å². The Morgan fingerprint density at radius 3 is 2.63 bits per heavy atom. The molecule has 2 aromatic carbocycles.